The van der Waals surface area contributed by atoms with Gasteiger partial charge in [-0.1, -0.05) is 12.1 Å². The number of nitrogens with one attached hydrogen (secondary N) is 1. The number of methoxy groups -OCH3 is 1. The van der Waals surface area contributed by atoms with Crippen LogP contribution in [-0.4, -0.2) is 24.1 Å². The van der Waals surface area contributed by atoms with Crippen molar-refractivity contribution in [3.8, 4) is 5.75 Å². The number of anilines is 1. The molecule has 0 fully saturated rings. The van der Waals surface area contributed by atoms with Gasteiger partial charge in [0.25, 0.3) is 0 Å². The van der Waals surface area contributed by atoms with E-state index in [4.69, 9.17) is 9.84 Å². The van der Waals surface area contributed by atoms with E-state index >= 15 is 0 Å². The van der Waals surface area contributed by atoms with Crippen LogP contribution in [0.3, 0.4) is 0 Å². The average Bonchev–Trinajstić information content (AvgIpc) is 2.48. The second kappa shape index (κ2) is 6.71. The smallest absolute Gasteiger partial charge is 0.409 e. The van der Waals surface area contributed by atoms with E-state index in [1.807, 2.05) is 0 Å². The van der Waals surface area contributed by atoms with Crippen LogP contribution in [0, 0.1) is 5.82 Å². The Balaban J connectivity index is 2.32. The van der Waals surface area contributed by atoms with Crippen molar-refractivity contribution in [2.75, 3.05) is 12.4 Å². The van der Waals surface area contributed by atoms with E-state index in [1.54, 1.807) is 18.2 Å². The molecular formula is C16H14FNO4. The van der Waals surface area contributed by atoms with Crippen LogP contribution >= 0.6 is 0 Å². The van der Waals surface area contributed by atoms with Crippen LogP contribution in [0.5, 0.6) is 5.75 Å². The molecule has 22 heavy (non-hydrogen) atoms. The molecule has 1 amide bonds. The van der Waals surface area contributed by atoms with Crippen molar-refractivity contribution in [1.29, 1.82) is 0 Å². The molecule has 2 aromatic carbocycles. The minimum absolute atomic E-state index is 0.0356. The van der Waals surface area contributed by atoms with Crippen molar-refractivity contribution in [2.24, 2.45) is 0 Å². The number of carboxylic acid groups (broad SMARTS) is 1. The zero-order valence-corrected chi connectivity index (χ0v) is 11.8. The predicted molar refractivity (Wildman–Crippen MR) is 79.1 cm³/mol. The lowest BCUT2D eigenvalue weighted by molar-refractivity contribution is 0.0989. The first-order valence-corrected chi connectivity index (χ1v) is 6.46. The number of halogens is 1. The van der Waals surface area contributed by atoms with Gasteiger partial charge < -0.3 is 9.84 Å². The van der Waals surface area contributed by atoms with Crippen molar-refractivity contribution in [3.63, 3.8) is 0 Å². The van der Waals surface area contributed by atoms with E-state index in [0.29, 0.717) is 11.3 Å². The van der Waals surface area contributed by atoms with Crippen molar-refractivity contribution >= 4 is 17.6 Å². The minimum Gasteiger partial charge on any atom is -0.497 e. The lowest BCUT2D eigenvalue weighted by Crippen LogP contribution is -2.12. The summed E-state index contributed by atoms with van der Waals surface area (Å²) < 4.78 is 18.7. The van der Waals surface area contributed by atoms with E-state index in [-0.39, 0.29) is 17.7 Å². The Hall–Kier alpha value is -2.89. The summed E-state index contributed by atoms with van der Waals surface area (Å²) in [5.41, 5.74) is 0.639. The van der Waals surface area contributed by atoms with Crippen LogP contribution in [-0.2, 0) is 6.42 Å². The highest BCUT2D eigenvalue weighted by Gasteiger charge is 2.15. The first-order chi connectivity index (χ1) is 10.5. The van der Waals surface area contributed by atoms with Gasteiger partial charge in [0.15, 0.2) is 5.78 Å². The molecule has 0 spiro atoms. The molecule has 0 aliphatic rings. The van der Waals surface area contributed by atoms with Crippen molar-refractivity contribution in [3.05, 3.63) is 59.4 Å². The van der Waals surface area contributed by atoms with Gasteiger partial charge in [-0.15, -0.1) is 0 Å². The number of ether oxygens (including phenoxy) is 1. The van der Waals surface area contributed by atoms with Gasteiger partial charge >= 0.3 is 6.09 Å². The maximum Gasteiger partial charge on any atom is 0.409 e. The van der Waals surface area contributed by atoms with Gasteiger partial charge in [-0.2, -0.15) is 0 Å². The van der Waals surface area contributed by atoms with E-state index in [0.717, 1.165) is 0 Å². The van der Waals surface area contributed by atoms with Crippen molar-refractivity contribution in [2.45, 2.75) is 6.42 Å². The fourth-order valence-electron chi connectivity index (χ4n) is 2.04. The van der Waals surface area contributed by atoms with E-state index < -0.39 is 17.7 Å². The lowest BCUT2D eigenvalue weighted by Gasteiger charge is -2.11. The van der Waals surface area contributed by atoms with Gasteiger partial charge in [-0.05, 0) is 35.9 Å². The van der Waals surface area contributed by atoms with Crippen molar-refractivity contribution in [1.82, 2.24) is 0 Å². The Kier molecular flexibility index (Phi) is 4.73. The number of Topliss-reactive ketones (excluding diaryl/α,β-unsaturated/α-hetero) is 1. The number of benzene rings is 2. The van der Waals surface area contributed by atoms with Crippen LogP contribution in [0.1, 0.15) is 15.9 Å². The highest BCUT2D eigenvalue weighted by atomic mass is 19.1. The first-order valence-electron chi connectivity index (χ1n) is 6.46. The summed E-state index contributed by atoms with van der Waals surface area (Å²) in [5.74, 6) is -0.574. The number of ketones is 1. The van der Waals surface area contributed by atoms with Crippen molar-refractivity contribution < 1.29 is 23.8 Å². The van der Waals surface area contributed by atoms with Gasteiger partial charge in [-0.3, -0.25) is 10.1 Å². The number of hydrogen-bond donors (Lipinski definition) is 2. The Morgan fingerprint density at radius 3 is 2.59 bits per heavy atom. The number of carbonyl (C=O) groups excluding carboxylic acids is 1. The highest BCUT2D eigenvalue weighted by molar-refractivity contribution is 5.99. The summed E-state index contributed by atoms with van der Waals surface area (Å²) >= 11 is 0. The monoisotopic (exact) mass is 303 g/mol. The quantitative estimate of drug-likeness (QED) is 0.831. The Morgan fingerprint density at radius 1 is 1.23 bits per heavy atom. The van der Waals surface area contributed by atoms with Crippen LogP contribution in [0.4, 0.5) is 14.9 Å². The molecule has 5 nitrogen and oxygen atoms in total. The lowest BCUT2D eigenvalue weighted by atomic mass is 10.0. The topological polar surface area (TPSA) is 75.6 Å². The summed E-state index contributed by atoms with van der Waals surface area (Å²) in [6.07, 6.45) is -1.39. The highest BCUT2D eigenvalue weighted by Crippen LogP contribution is 2.24. The summed E-state index contributed by atoms with van der Waals surface area (Å²) in [7, 11) is 1.46. The molecule has 0 bridgehead atoms. The maximum atomic E-state index is 13.6. The summed E-state index contributed by atoms with van der Waals surface area (Å²) in [6.45, 7) is 0. The third kappa shape index (κ3) is 3.60. The summed E-state index contributed by atoms with van der Waals surface area (Å²) in [5, 5.41) is 11.0. The average molecular weight is 303 g/mol. The Labute approximate surface area is 126 Å². The van der Waals surface area contributed by atoms with Crippen LogP contribution in [0.25, 0.3) is 0 Å². The number of carbonyl (C=O) groups is 2. The van der Waals surface area contributed by atoms with Gasteiger partial charge in [0, 0.05) is 12.1 Å². The maximum absolute atomic E-state index is 13.6. The molecule has 2 N–H and O–H groups in total. The Bertz CT molecular complexity index is 715. The fraction of sp³-hybridized carbons (Fsp3) is 0.125. The second-order valence-corrected chi connectivity index (χ2v) is 4.53. The normalized spacial score (nSPS) is 10.1. The van der Waals surface area contributed by atoms with Gasteiger partial charge in [0.05, 0.1) is 12.7 Å². The molecule has 0 heterocycles. The summed E-state index contributed by atoms with van der Waals surface area (Å²) in [6, 6.07) is 10.3. The van der Waals surface area contributed by atoms with E-state index in [1.165, 1.54) is 31.4 Å². The third-order valence-electron chi connectivity index (χ3n) is 3.08. The SMILES string of the molecule is COc1ccc(NC(=O)O)c(CC(=O)c2ccccc2F)c1. The fourth-order valence-corrected chi connectivity index (χ4v) is 2.04. The standard InChI is InChI=1S/C16H14FNO4/c1-22-11-6-7-14(18-16(20)21)10(8-11)9-15(19)12-4-2-3-5-13(12)17/h2-8,18H,9H2,1H3,(H,20,21). The third-order valence-corrected chi connectivity index (χ3v) is 3.08. The number of hydrogen-bond acceptors (Lipinski definition) is 3. The largest absolute Gasteiger partial charge is 0.497 e. The Morgan fingerprint density at radius 2 is 1.95 bits per heavy atom. The molecule has 0 saturated heterocycles. The van der Waals surface area contributed by atoms with Crippen LogP contribution in [0.15, 0.2) is 42.5 Å². The van der Waals surface area contributed by atoms with Crippen LogP contribution < -0.4 is 10.1 Å². The number of amides is 1. The molecule has 0 aromatic heterocycles. The summed E-state index contributed by atoms with van der Waals surface area (Å²) in [4.78, 5) is 23.0. The second-order valence-electron chi connectivity index (χ2n) is 4.53. The molecular weight excluding hydrogens is 289 g/mol. The van der Waals surface area contributed by atoms with Gasteiger partial charge in [-0.25, -0.2) is 9.18 Å². The molecule has 0 saturated carbocycles. The first kappa shape index (κ1) is 15.5. The molecule has 0 aliphatic heterocycles. The predicted octanol–water partition coefficient (Wildman–Crippen LogP) is 3.35. The molecule has 0 aliphatic carbocycles. The molecule has 0 unspecified atom stereocenters. The van der Waals surface area contributed by atoms with E-state index in [2.05, 4.69) is 5.32 Å². The molecule has 2 aromatic rings. The molecule has 114 valence electrons. The number of rotatable bonds is 5. The van der Waals surface area contributed by atoms with Gasteiger partial charge in [0.1, 0.15) is 11.6 Å². The molecule has 0 radical (unpaired) electrons. The molecule has 0 atom stereocenters. The van der Waals surface area contributed by atoms with Crippen LogP contribution in [0.2, 0.25) is 0 Å². The minimum atomic E-state index is -1.25. The van der Waals surface area contributed by atoms with Gasteiger partial charge in [0.2, 0.25) is 0 Å². The van der Waals surface area contributed by atoms with E-state index in [9.17, 15) is 14.0 Å². The molecule has 6 heteroatoms. The zero-order valence-electron chi connectivity index (χ0n) is 11.8. The zero-order chi connectivity index (χ0) is 16.1. The molecule has 2 rings (SSSR count).